The number of thioether (sulfide) groups is 1. The molecule has 3 saturated heterocycles. The normalized spacial score (nSPS) is 32.8. The minimum absolute atomic E-state index is 0.0631. The van der Waals surface area contributed by atoms with Crippen LogP contribution in [0.5, 0.6) is 0 Å². The number of aliphatic hydroxyl groups excluding tert-OH is 1. The zero-order chi connectivity index (χ0) is 23.7. The standard InChI is InChI=1S/C24H36N2O5S/c1-6-8-9-15-31-22(30)18-17-20(28)26(13-14-27)19(21(29)25(12-7-2)16(3)4)24(17)11-10-23(18,5)32-24/h6-7,16-19,27H,1-2,8-15H2,3-5H3/t17-,18+,19?,23-,24?/m0/s1. The molecule has 3 aliphatic rings. The van der Waals surface area contributed by atoms with Crippen molar-refractivity contribution in [3.05, 3.63) is 25.3 Å². The van der Waals surface area contributed by atoms with E-state index < -0.39 is 27.4 Å². The first-order valence-electron chi connectivity index (χ1n) is 11.5. The van der Waals surface area contributed by atoms with Gasteiger partial charge in [0.2, 0.25) is 11.8 Å². The number of carbonyl (C=O) groups is 3. The molecule has 0 aliphatic carbocycles. The van der Waals surface area contributed by atoms with Crippen molar-refractivity contribution in [1.29, 1.82) is 0 Å². The van der Waals surface area contributed by atoms with E-state index >= 15 is 0 Å². The van der Waals surface area contributed by atoms with Gasteiger partial charge in [-0.25, -0.2) is 0 Å². The molecule has 3 rings (SSSR count). The number of hydrogen-bond donors (Lipinski definition) is 1. The van der Waals surface area contributed by atoms with Crippen LogP contribution < -0.4 is 0 Å². The van der Waals surface area contributed by atoms with E-state index in [2.05, 4.69) is 13.2 Å². The smallest absolute Gasteiger partial charge is 0.311 e. The van der Waals surface area contributed by atoms with Crippen molar-refractivity contribution in [3.63, 3.8) is 0 Å². The first-order valence-corrected chi connectivity index (χ1v) is 12.3. The van der Waals surface area contributed by atoms with Gasteiger partial charge in [0.15, 0.2) is 0 Å². The summed E-state index contributed by atoms with van der Waals surface area (Å²) in [6.07, 6.45) is 6.34. The number of allylic oxidation sites excluding steroid dienone is 1. The van der Waals surface area contributed by atoms with Crippen LogP contribution in [0.1, 0.15) is 46.5 Å². The first-order chi connectivity index (χ1) is 15.2. The molecule has 5 atom stereocenters. The lowest BCUT2D eigenvalue weighted by Crippen LogP contribution is -2.56. The number of β-amino-alcohol motifs (C(OH)–C–C–N with tert-alkyl or cyclic N) is 1. The third-order valence-electron chi connectivity index (χ3n) is 7.13. The van der Waals surface area contributed by atoms with Gasteiger partial charge in [0, 0.05) is 23.9 Å². The summed E-state index contributed by atoms with van der Waals surface area (Å²) in [5.41, 5.74) is 0. The maximum Gasteiger partial charge on any atom is 0.311 e. The number of aliphatic hydroxyl groups is 1. The lowest BCUT2D eigenvalue weighted by Gasteiger charge is -2.38. The average molecular weight is 465 g/mol. The van der Waals surface area contributed by atoms with Gasteiger partial charge >= 0.3 is 5.97 Å². The Bertz CT molecular complexity index is 786. The highest BCUT2D eigenvalue weighted by Crippen LogP contribution is 2.71. The van der Waals surface area contributed by atoms with E-state index in [1.165, 1.54) is 4.90 Å². The van der Waals surface area contributed by atoms with E-state index in [4.69, 9.17) is 4.74 Å². The van der Waals surface area contributed by atoms with E-state index in [0.29, 0.717) is 26.0 Å². The fourth-order valence-electron chi connectivity index (χ4n) is 5.75. The van der Waals surface area contributed by atoms with Crippen LogP contribution >= 0.6 is 11.8 Å². The number of amides is 2. The van der Waals surface area contributed by atoms with Crippen LogP contribution in [0.2, 0.25) is 0 Å². The Morgan fingerprint density at radius 1 is 1.34 bits per heavy atom. The number of ether oxygens (including phenoxy) is 1. The lowest BCUT2D eigenvalue weighted by molar-refractivity contribution is -0.155. The highest BCUT2D eigenvalue weighted by molar-refractivity contribution is 8.02. The van der Waals surface area contributed by atoms with Crippen molar-refractivity contribution in [2.45, 2.75) is 68.0 Å². The third kappa shape index (κ3) is 3.89. The molecular formula is C24H36N2O5S. The summed E-state index contributed by atoms with van der Waals surface area (Å²) in [6.45, 7) is 13.9. The van der Waals surface area contributed by atoms with Gasteiger partial charge in [-0.1, -0.05) is 12.2 Å². The van der Waals surface area contributed by atoms with Crippen molar-refractivity contribution in [2.24, 2.45) is 11.8 Å². The van der Waals surface area contributed by atoms with E-state index in [-0.39, 0.29) is 37.0 Å². The number of nitrogens with zero attached hydrogens (tertiary/aromatic N) is 2. The molecule has 8 heteroatoms. The number of unbranched alkanes of at least 4 members (excludes halogenated alkanes) is 1. The van der Waals surface area contributed by atoms with Gasteiger partial charge < -0.3 is 19.6 Å². The molecule has 3 aliphatic heterocycles. The van der Waals surface area contributed by atoms with Gasteiger partial charge in [0.05, 0.1) is 29.8 Å². The van der Waals surface area contributed by atoms with Crippen LogP contribution in [-0.4, -0.2) is 80.6 Å². The van der Waals surface area contributed by atoms with Crippen LogP contribution in [0, 0.1) is 11.8 Å². The molecule has 0 radical (unpaired) electrons. The molecule has 3 heterocycles. The molecule has 0 saturated carbocycles. The Balaban J connectivity index is 1.97. The molecule has 1 N–H and O–H groups in total. The topological polar surface area (TPSA) is 87.1 Å². The molecular weight excluding hydrogens is 428 g/mol. The van der Waals surface area contributed by atoms with Gasteiger partial charge in [-0.2, -0.15) is 0 Å². The Morgan fingerprint density at radius 2 is 2.06 bits per heavy atom. The second-order valence-electron chi connectivity index (χ2n) is 9.45. The molecule has 2 amide bonds. The zero-order valence-corrected chi connectivity index (χ0v) is 20.2. The lowest BCUT2D eigenvalue weighted by atomic mass is 9.66. The van der Waals surface area contributed by atoms with Crippen LogP contribution in [-0.2, 0) is 19.1 Å². The van der Waals surface area contributed by atoms with Gasteiger partial charge in [-0.05, 0) is 46.5 Å². The van der Waals surface area contributed by atoms with Gasteiger partial charge in [0.1, 0.15) is 6.04 Å². The van der Waals surface area contributed by atoms with Crippen molar-refractivity contribution in [1.82, 2.24) is 9.80 Å². The Morgan fingerprint density at radius 3 is 2.66 bits per heavy atom. The number of likely N-dealkylation sites (tertiary alicyclic amines) is 1. The van der Waals surface area contributed by atoms with Crippen molar-refractivity contribution in [3.8, 4) is 0 Å². The van der Waals surface area contributed by atoms with Crippen molar-refractivity contribution < 1.29 is 24.2 Å². The number of esters is 1. The fourth-order valence-corrected chi connectivity index (χ4v) is 8.09. The second kappa shape index (κ2) is 9.59. The molecule has 2 unspecified atom stereocenters. The fraction of sp³-hybridized carbons (Fsp3) is 0.708. The van der Waals surface area contributed by atoms with E-state index in [9.17, 15) is 19.5 Å². The quantitative estimate of drug-likeness (QED) is 0.287. The van der Waals surface area contributed by atoms with Crippen molar-refractivity contribution in [2.75, 3.05) is 26.3 Å². The second-order valence-corrected chi connectivity index (χ2v) is 11.4. The summed E-state index contributed by atoms with van der Waals surface area (Å²) in [5, 5.41) is 9.68. The van der Waals surface area contributed by atoms with E-state index in [1.54, 1.807) is 28.8 Å². The van der Waals surface area contributed by atoms with Crippen LogP contribution in [0.15, 0.2) is 25.3 Å². The number of fused-ring (bicyclic) bond motifs is 1. The first kappa shape index (κ1) is 24.8. The largest absolute Gasteiger partial charge is 0.465 e. The predicted molar refractivity (Wildman–Crippen MR) is 125 cm³/mol. The third-order valence-corrected chi connectivity index (χ3v) is 9.12. The summed E-state index contributed by atoms with van der Waals surface area (Å²) < 4.78 is 4.46. The zero-order valence-electron chi connectivity index (χ0n) is 19.4. The summed E-state index contributed by atoms with van der Waals surface area (Å²) in [5.74, 6) is -1.92. The molecule has 3 fully saturated rings. The molecule has 2 bridgehead atoms. The summed E-state index contributed by atoms with van der Waals surface area (Å²) in [7, 11) is 0. The number of hydrogen-bond acceptors (Lipinski definition) is 6. The monoisotopic (exact) mass is 464 g/mol. The predicted octanol–water partition coefficient (Wildman–Crippen LogP) is 2.39. The van der Waals surface area contributed by atoms with Crippen molar-refractivity contribution >= 4 is 29.5 Å². The van der Waals surface area contributed by atoms with Gasteiger partial charge in [-0.15, -0.1) is 24.9 Å². The van der Waals surface area contributed by atoms with Crippen LogP contribution in [0.4, 0.5) is 0 Å². The molecule has 1 spiro atoms. The minimum atomic E-state index is -0.708. The maximum absolute atomic E-state index is 13.8. The molecule has 0 aromatic carbocycles. The van der Waals surface area contributed by atoms with Gasteiger partial charge in [0.25, 0.3) is 0 Å². The Kier molecular flexibility index (Phi) is 7.44. The number of carbonyl (C=O) groups excluding carboxylic acids is 3. The Hall–Kier alpha value is -1.80. The van der Waals surface area contributed by atoms with Crippen LogP contribution in [0.25, 0.3) is 0 Å². The Labute approximate surface area is 195 Å². The SMILES string of the molecule is C=CCCCOC(=O)[C@H]1[C@H]2C(=O)N(CCO)C(C(=O)N(CC=C)C(C)C)C23CC[C@]1(C)S3. The molecule has 32 heavy (non-hydrogen) atoms. The summed E-state index contributed by atoms with van der Waals surface area (Å²) in [6, 6.07) is -0.772. The molecule has 178 valence electrons. The average Bonchev–Trinajstić information content (AvgIpc) is 3.30. The number of rotatable bonds is 11. The van der Waals surface area contributed by atoms with E-state index in [0.717, 1.165) is 12.8 Å². The van der Waals surface area contributed by atoms with Crippen LogP contribution in [0.3, 0.4) is 0 Å². The minimum Gasteiger partial charge on any atom is -0.465 e. The van der Waals surface area contributed by atoms with E-state index in [1.807, 2.05) is 20.8 Å². The summed E-state index contributed by atoms with van der Waals surface area (Å²) in [4.78, 5) is 43.9. The molecule has 0 aromatic heterocycles. The van der Waals surface area contributed by atoms with Gasteiger partial charge in [-0.3, -0.25) is 14.4 Å². The molecule has 0 aromatic rings. The molecule has 7 nitrogen and oxygen atoms in total. The highest BCUT2D eigenvalue weighted by Gasteiger charge is 2.77. The maximum atomic E-state index is 13.8. The summed E-state index contributed by atoms with van der Waals surface area (Å²) >= 11 is 1.61. The highest BCUT2D eigenvalue weighted by atomic mass is 32.2.